The molecule has 0 radical (unpaired) electrons. The maximum atomic E-state index is 9.70. The third kappa shape index (κ3) is 8.10. The number of hydrogen-bond acceptors (Lipinski definition) is 2. The largest absolute Gasteiger partial charge is 0.390 e. The van der Waals surface area contributed by atoms with E-state index in [2.05, 4.69) is 12.2 Å². The van der Waals surface area contributed by atoms with Crippen LogP contribution in [0.3, 0.4) is 0 Å². The molecule has 0 aromatic rings. The SMILES string of the molecule is CC(CCCC(C)(C)O)NC1CCCCCCC1. The van der Waals surface area contributed by atoms with Crippen LogP contribution in [0.4, 0.5) is 0 Å². The number of aliphatic hydroxyl groups is 1. The molecule has 0 aromatic heterocycles. The topological polar surface area (TPSA) is 32.3 Å². The molecule has 2 heteroatoms. The highest BCUT2D eigenvalue weighted by Gasteiger charge is 2.15. The fourth-order valence-corrected chi connectivity index (χ4v) is 2.95. The molecule has 1 aliphatic rings. The lowest BCUT2D eigenvalue weighted by atomic mass is 9.95. The Hall–Kier alpha value is -0.0800. The first-order valence-corrected chi connectivity index (χ1v) is 7.96. The third-order valence-electron chi connectivity index (χ3n) is 4.05. The van der Waals surface area contributed by atoms with Crippen LogP contribution >= 0.6 is 0 Å². The number of rotatable bonds is 6. The van der Waals surface area contributed by atoms with Crippen molar-refractivity contribution in [1.82, 2.24) is 5.32 Å². The molecule has 108 valence electrons. The zero-order valence-electron chi connectivity index (χ0n) is 12.7. The molecular formula is C16H33NO. The second-order valence-corrected chi connectivity index (χ2v) is 6.81. The fourth-order valence-electron chi connectivity index (χ4n) is 2.95. The predicted molar refractivity (Wildman–Crippen MR) is 78.9 cm³/mol. The molecule has 0 bridgehead atoms. The smallest absolute Gasteiger partial charge is 0.0591 e. The van der Waals surface area contributed by atoms with E-state index in [1.54, 1.807) is 0 Å². The minimum atomic E-state index is -0.500. The minimum absolute atomic E-state index is 0.500. The number of hydrogen-bond donors (Lipinski definition) is 2. The summed E-state index contributed by atoms with van der Waals surface area (Å²) in [7, 11) is 0. The first kappa shape index (κ1) is 16.0. The van der Waals surface area contributed by atoms with Crippen LogP contribution in [0.5, 0.6) is 0 Å². The van der Waals surface area contributed by atoms with E-state index in [4.69, 9.17) is 0 Å². The van der Waals surface area contributed by atoms with Crippen molar-refractivity contribution in [3.8, 4) is 0 Å². The molecule has 2 N–H and O–H groups in total. The minimum Gasteiger partial charge on any atom is -0.390 e. The first-order chi connectivity index (χ1) is 8.47. The summed E-state index contributed by atoms with van der Waals surface area (Å²) in [4.78, 5) is 0. The van der Waals surface area contributed by atoms with Crippen LogP contribution in [0.2, 0.25) is 0 Å². The molecule has 1 rings (SSSR count). The first-order valence-electron chi connectivity index (χ1n) is 7.96. The lowest BCUT2D eigenvalue weighted by molar-refractivity contribution is 0.0673. The highest BCUT2D eigenvalue weighted by Crippen LogP contribution is 2.19. The Morgan fingerprint density at radius 1 is 1.11 bits per heavy atom. The van der Waals surface area contributed by atoms with E-state index in [0.29, 0.717) is 6.04 Å². The zero-order chi connectivity index (χ0) is 13.4. The van der Waals surface area contributed by atoms with Crippen molar-refractivity contribution in [2.24, 2.45) is 0 Å². The highest BCUT2D eigenvalue weighted by molar-refractivity contribution is 4.74. The molecule has 0 saturated heterocycles. The summed E-state index contributed by atoms with van der Waals surface area (Å²) in [5.41, 5.74) is -0.500. The highest BCUT2D eigenvalue weighted by atomic mass is 16.3. The van der Waals surface area contributed by atoms with Crippen LogP contribution in [-0.4, -0.2) is 22.8 Å². The summed E-state index contributed by atoms with van der Waals surface area (Å²) in [6.45, 7) is 6.10. The van der Waals surface area contributed by atoms with Crippen molar-refractivity contribution in [2.45, 2.75) is 103 Å². The quantitative estimate of drug-likeness (QED) is 0.751. The van der Waals surface area contributed by atoms with Gasteiger partial charge < -0.3 is 10.4 Å². The maximum Gasteiger partial charge on any atom is 0.0591 e. The molecule has 1 unspecified atom stereocenters. The molecule has 1 aliphatic carbocycles. The second kappa shape index (κ2) is 8.16. The van der Waals surface area contributed by atoms with E-state index < -0.39 is 5.60 Å². The van der Waals surface area contributed by atoms with E-state index >= 15 is 0 Å². The van der Waals surface area contributed by atoms with Gasteiger partial charge in [0, 0.05) is 12.1 Å². The fraction of sp³-hybridized carbons (Fsp3) is 1.00. The van der Waals surface area contributed by atoms with Gasteiger partial charge in [0.25, 0.3) is 0 Å². The average Bonchev–Trinajstić information content (AvgIpc) is 2.20. The Balaban J connectivity index is 2.15. The molecule has 0 amide bonds. The van der Waals surface area contributed by atoms with Gasteiger partial charge in [-0.1, -0.05) is 32.1 Å². The van der Waals surface area contributed by atoms with Crippen molar-refractivity contribution in [3.63, 3.8) is 0 Å². The Morgan fingerprint density at radius 2 is 1.67 bits per heavy atom. The zero-order valence-corrected chi connectivity index (χ0v) is 12.7. The van der Waals surface area contributed by atoms with E-state index in [1.807, 2.05) is 13.8 Å². The lowest BCUT2D eigenvalue weighted by Crippen LogP contribution is -2.37. The summed E-state index contributed by atoms with van der Waals surface area (Å²) in [6, 6.07) is 1.33. The summed E-state index contributed by atoms with van der Waals surface area (Å²) >= 11 is 0. The van der Waals surface area contributed by atoms with Gasteiger partial charge in [-0.2, -0.15) is 0 Å². The molecule has 0 heterocycles. The van der Waals surface area contributed by atoms with Crippen molar-refractivity contribution < 1.29 is 5.11 Å². The van der Waals surface area contributed by atoms with Crippen molar-refractivity contribution in [2.75, 3.05) is 0 Å². The molecule has 0 spiro atoms. The van der Waals surface area contributed by atoms with Crippen molar-refractivity contribution in [3.05, 3.63) is 0 Å². The molecule has 1 saturated carbocycles. The van der Waals surface area contributed by atoms with Gasteiger partial charge in [-0.25, -0.2) is 0 Å². The third-order valence-corrected chi connectivity index (χ3v) is 4.05. The maximum absolute atomic E-state index is 9.70. The molecule has 18 heavy (non-hydrogen) atoms. The lowest BCUT2D eigenvalue weighted by Gasteiger charge is -2.26. The molecule has 2 nitrogen and oxygen atoms in total. The summed E-state index contributed by atoms with van der Waals surface area (Å²) in [5, 5.41) is 13.5. The van der Waals surface area contributed by atoms with Crippen LogP contribution in [0.1, 0.15) is 85.0 Å². The van der Waals surface area contributed by atoms with Gasteiger partial charge in [-0.05, 0) is 52.9 Å². The van der Waals surface area contributed by atoms with E-state index in [0.717, 1.165) is 18.9 Å². The summed E-state index contributed by atoms with van der Waals surface area (Å²) in [6.07, 6.45) is 13.0. The second-order valence-electron chi connectivity index (χ2n) is 6.81. The Kier molecular flexibility index (Phi) is 7.25. The Labute approximate surface area is 114 Å². The molecule has 1 fully saturated rings. The molecular weight excluding hydrogens is 222 g/mol. The molecule has 0 aliphatic heterocycles. The normalized spacial score (nSPS) is 21.3. The van der Waals surface area contributed by atoms with Crippen LogP contribution < -0.4 is 5.32 Å². The standard InChI is InChI=1S/C16H33NO/c1-14(10-9-13-16(2,3)18)17-15-11-7-5-4-6-8-12-15/h14-15,17-18H,4-13H2,1-3H3. The molecule has 0 aromatic carbocycles. The Morgan fingerprint density at radius 3 is 2.22 bits per heavy atom. The van der Waals surface area contributed by atoms with Gasteiger partial charge in [-0.15, -0.1) is 0 Å². The van der Waals surface area contributed by atoms with Crippen molar-refractivity contribution >= 4 is 0 Å². The summed E-state index contributed by atoms with van der Waals surface area (Å²) in [5.74, 6) is 0. The van der Waals surface area contributed by atoms with Gasteiger partial charge in [0.2, 0.25) is 0 Å². The van der Waals surface area contributed by atoms with Crippen LogP contribution in [0, 0.1) is 0 Å². The van der Waals surface area contributed by atoms with Crippen LogP contribution in [0.25, 0.3) is 0 Å². The van der Waals surface area contributed by atoms with Gasteiger partial charge >= 0.3 is 0 Å². The van der Waals surface area contributed by atoms with E-state index in [9.17, 15) is 5.11 Å². The van der Waals surface area contributed by atoms with Gasteiger partial charge in [0.05, 0.1) is 5.60 Å². The van der Waals surface area contributed by atoms with Gasteiger partial charge in [-0.3, -0.25) is 0 Å². The molecule has 1 atom stereocenters. The summed E-state index contributed by atoms with van der Waals surface area (Å²) < 4.78 is 0. The van der Waals surface area contributed by atoms with E-state index in [1.165, 1.54) is 51.4 Å². The van der Waals surface area contributed by atoms with Crippen LogP contribution in [0.15, 0.2) is 0 Å². The van der Waals surface area contributed by atoms with Gasteiger partial charge in [0.1, 0.15) is 0 Å². The average molecular weight is 255 g/mol. The van der Waals surface area contributed by atoms with E-state index in [-0.39, 0.29) is 0 Å². The van der Waals surface area contributed by atoms with Gasteiger partial charge in [0.15, 0.2) is 0 Å². The monoisotopic (exact) mass is 255 g/mol. The van der Waals surface area contributed by atoms with Crippen LogP contribution in [-0.2, 0) is 0 Å². The predicted octanol–water partition coefficient (Wildman–Crippen LogP) is 4.02. The van der Waals surface area contributed by atoms with Crippen molar-refractivity contribution in [1.29, 1.82) is 0 Å². The Bertz CT molecular complexity index is 202. The number of nitrogens with one attached hydrogen (secondary N) is 1.